The zero-order chi connectivity index (χ0) is 16.8. The fraction of sp³-hybridized carbons (Fsp3) is 0.167. The van der Waals surface area contributed by atoms with Crippen molar-refractivity contribution in [1.29, 1.82) is 0 Å². The second kappa shape index (κ2) is 7.35. The summed E-state index contributed by atoms with van der Waals surface area (Å²) in [6, 6.07) is 15.5. The summed E-state index contributed by atoms with van der Waals surface area (Å²) in [5.74, 6) is -1.80. The van der Waals surface area contributed by atoms with Gasteiger partial charge >= 0.3 is 5.97 Å². The second-order valence-corrected chi connectivity index (χ2v) is 5.17. The highest BCUT2D eigenvalue weighted by atomic mass is 16.4. The number of hydrogen-bond acceptors (Lipinski definition) is 3. The number of carboxylic acids is 1. The van der Waals surface area contributed by atoms with Crippen LogP contribution in [0.1, 0.15) is 29.3 Å². The molecule has 2 rings (SSSR count). The van der Waals surface area contributed by atoms with E-state index in [1.807, 2.05) is 30.3 Å². The van der Waals surface area contributed by atoms with Crippen molar-refractivity contribution in [2.75, 3.05) is 4.90 Å². The minimum absolute atomic E-state index is 0.0281. The van der Waals surface area contributed by atoms with Gasteiger partial charge in [0.1, 0.15) is 5.78 Å². The van der Waals surface area contributed by atoms with E-state index < -0.39 is 11.9 Å². The Hall–Kier alpha value is -2.95. The van der Waals surface area contributed by atoms with E-state index in [0.717, 1.165) is 5.56 Å². The quantitative estimate of drug-likeness (QED) is 0.832. The van der Waals surface area contributed by atoms with E-state index in [1.54, 1.807) is 18.2 Å². The first-order valence-corrected chi connectivity index (χ1v) is 7.15. The smallest absolute Gasteiger partial charge is 0.337 e. The molecule has 5 heteroatoms. The molecule has 0 aliphatic rings. The summed E-state index contributed by atoms with van der Waals surface area (Å²) in [7, 11) is 0. The number of carbonyl (C=O) groups is 3. The van der Waals surface area contributed by atoms with Crippen molar-refractivity contribution in [3.63, 3.8) is 0 Å². The summed E-state index contributed by atoms with van der Waals surface area (Å²) in [5, 5.41) is 9.34. The first-order valence-electron chi connectivity index (χ1n) is 7.15. The van der Waals surface area contributed by atoms with Crippen LogP contribution in [-0.2, 0) is 16.1 Å². The molecule has 0 saturated heterocycles. The molecule has 0 heterocycles. The molecule has 118 valence electrons. The molecule has 23 heavy (non-hydrogen) atoms. The van der Waals surface area contributed by atoms with Crippen molar-refractivity contribution in [2.24, 2.45) is 0 Å². The maximum absolute atomic E-state index is 12.4. The molecule has 2 aromatic carbocycles. The third-order valence-corrected chi connectivity index (χ3v) is 3.31. The molecule has 0 radical (unpaired) electrons. The van der Waals surface area contributed by atoms with Gasteiger partial charge in [0.15, 0.2) is 0 Å². The van der Waals surface area contributed by atoms with E-state index >= 15 is 0 Å². The molecular weight excluding hydrogens is 294 g/mol. The number of amides is 1. The van der Waals surface area contributed by atoms with E-state index in [4.69, 9.17) is 0 Å². The van der Waals surface area contributed by atoms with Gasteiger partial charge in [-0.3, -0.25) is 9.59 Å². The standard InChI is InChI=1S/C18H17NO4/c1-13(20)11-17(21)19(12-14-7-3-2-4-8-14)16-10-6-5-9-15(16)18(22)23/h2-10H,11-12H2,1H3,(H,22,23). The Kier molecular flexibility index (Phi) is 5.25. The summed E-state index contributed by atoms with van der Waals surface area (Å²) in [4.78, 5) is 36.5. The first-order chi connectivity index (χ1) is 11.0. The lowest BCUT2D eigenvalue weighted by molar-refractivity contribution is -0.125. The molecule has 0 aliphatic heterocycles. The van der Waals surface area contributed by atoms with E-state index in [9.17, 15) is 19.5 Å². The van der Waals surface area contributed by atoms with Crippen molar-refractivity contribution in [3.05, 3.63) is 65.7 Å². The number of nitrogens with zero attached hydrogens (tertiary/aromatic N) is 1. The first kappa shape index (κ1) is 16.4. The van der Waals surface area contributed by atoms with Crippen LogP contribution in [0.4, 0.5) is 5.69 Å². The molecule has 0 saturated carbocycles. The van der Waals surface area contributed by atoms with Crippen LogP contribution in [0, 0.1) is 0 Å². The van der Waals surface area contributed by atoms with Gasteiger partial charge in [-0.05, 0) is 24.6 Å². The summed E-state index contributed by atoms with van der Waals surface area (Å²) in [6.45, 7) is 1.54. The molecule has 0 aliphatic carbocycles. The lowest BCUT2D eigenvalue weighted by atomic mass is 10.1. The van der Waals surface area contributed by atoms with Gasteiger partial charge in [-0.2, -0.15) is 0 Å². The van der Waals surface area contributed by atoms with E-state index in [2.05, 4.69) is 0 Å². The number of rotatable bonds is 6. The van der Waals surface area contributed by atoms with Crippen molar-refractivity contribution in [3.8, 4) is 0 Å². The maximum atomic E-state index is 12.4. The largest absolute Gasteiger partial charge is 0.478 e. The third-order valence-electron chi connectivity index (χ3n) is 3.31. The van der Waals surface area contributed by atoms with Crippen LogP contribution in [0.2, 0.25) is 0 Å². The zero-order valence-electron chi connectivity index (χ0n) is 12.7. The lowest BCUT2D eigenvalue weighted by Gasteiger charge is -2.24. The van der Waals surface area contributed by atoms with Gasteiger partial charge in [0, 0.05) is 0 Å². The summed E-state index contributed by atoms with van der Waals surface area (Å²) >= 11 is 0. The van der Waals surface area contributed by atoms with Crippen molar-refractivity contribution >= 4 is 23.3 Å². The van der Waals surface area contributed by atoms with Crippen LogP contribution in [0.3, 0.4) is 0 Å². The summed E-state index contributed by atoms with van der Waals surface area (Å²) in [6.07, 6.45) is -0.263. The fourth-order valence-electron chi connectivity index (χ4n) is 2.27. The molecule has 0 aromatic heterocycles. The molecular formula is C18H17NO4. The van der Waals surface area contributed by atoms with Crippen molar-refractivity contribution < 1.29 is 19.5 Å². The van der Waals surface area contributed by atoms with Gasteiger partial charge in [0.2, 0.25) is 5.91 Å². The predicted molar refractivity (Wildman–Crippen MR) is 86.3 cm³/mol. The Morgan fingerprint density at radius 1 is 0.957 bits per heavy atom. The number of ketones is 1. The number of para-hydroxylation sites is 1. The van der Waals surface area contributed by atoms with E-state index in [1.165, 1.54) is 17.9 Å². The van der Waals surface area contributed by atoms with Crippen LogP contribution >= 0.6 is 0 Å². The van der Waals surface area contributed by atoms with Crippen LogP contribution in [0.25, 0.3) is 0 Å². The molecule has 5 nitrogen and oxygen atoms in total. The zero-order valence-corrected chi connectivity index (χ0v) is 12.7. The van der Waals surface area contributed by atoms with Gasteiger partial charge in [-0.1, -0.05) is 42.5 Å². The average Bonchev–Trinajstić information content (AvgIpc) is 2.53. The number of aromatic carboxylic acids is 1. The molecule has 0 fully saturated rings. The second-order valence-electron chi connectivity index (χ2n) is 5.17. The van der Waals surface area contributed by atoms with Gasteiger partial charge in [-0.15, -0.1) is 0 Å². The van der Waals surface area contributed by atoms with Crippen LogP contribution < -0.4 is 4.90 Å². The Bertz CT molecular complexity index is 725. The molecule has 0 spiro atoms. The minimum atomic E-state index is -1.12. The Labute approximate surface area is 134 Å². The SMILES string of the molecule is CC(=O)CC(=O)N(Cc1ccccc1)c1ccccc1C(=O)O. The van der Waals surface area contributed by atoms with Crippen LogP contribution in [0.5, 0.6) is 0 Å². The molecule has 0 atom stereocenters. The molecule has 0 unspecified atom stereocenters. The Morgan fingerprint density at radius 3 is 2.17 bits per heavy atom. The molecule has 0 bridgehead atoms. The normalized spacial score (nSPS) is 10.1. The Balaban J connectivity index is 2.43. The van der Waals surface area contributed by atoms with Gasteiger partial charge in [0.05, 0.1) is 24.2 Å². The number of carboxylic acid groups (broad SMARTS) is 1. The van der Waals surface area contributed by atoms with Gasteiger partial charge in [-0.25, -0.2) is 4.79 Å². The number of Topliss-reactive ketones (excluding diaryl/α,β-unsaturated/α-hetero) is 1. The topological polar surface area (TPSA) is 74.7 Å². The molecule has 2 aromatic rings. The van der Waals surface area contributed by atoms with Crippen molar-refractivity contribution in [2.45, 2.75) is 19.9 Å². The highest BCUT2D eigenvalue weighted by Crippen LogP contribution is 2.23. The lowest BCUT2D eigenvalue weighted by Crippen LogP contribution is -2.32. The summed E-state index contributed by atoms with van der Waals surface area (Å²) in [5.41, 5.74) is 1.17. The van der Waals surface area contributed by atoms with Crippen LogP contribution in [-0.4, -0.2) is 22.8 Å². The summed E-state index contributed by atoms with van der Waals surface area (Å²) < 4.78 is 0. The van der Waals surface area contributed by atoms with E-state index in [0.29, 0.717) is 0 Å². The third kappa shape index (κ3) is 4.26. The van der Waals surface area contributed by atoms with Crippen LogP contribution in [0.15, 0.2) is 54.6 Å². The molecule has 1 amide bonds. The van der Waals surface area contributed by atoms with E-state index in [-0.39, 0.29) is 30.0 Å². The van der Waals surface area contributed by atoms with Crippen molar-refractivity contribution in [1.82, 2.24) is 0 Å². The Morgan fingerprint density at radius 2 is 1.57 bits per heavy atom. The fourth-order valence-corrected chi connectivity index (χ4v) is 2.27. The minimum Gasteiger partial charge on any atom is -0.478 e. The number of carbonyl (C=O) groups excluding carboxylic acids is 2. The average molecular weight is 311 g/mol. The monoisotopic (exact) mass is 311 g/mol. The van der Waals surface area contributed by atoms with Gasteiger partial charge < -0.3 is 10.0 Å². The maximum Gasteiger partial charge on any atom is 0.337 e. The number of benzene rings is 2. The predicted octanol–water partition coefficient (Wildman–Crippen LogP) is 2.90. The highest BCUT2D eigenvalue weighted by molar-refractivity contribution is 6.07. The molecule has 1 N–H and O–H groups in total. The van der Waals surface area contributed by atoms with Gasteiger partial charge in [0.25, 0.3) is 0 Å². The number of hydrogen-bond donors (Lipinski definition) is 1. The number of anilines is 1. The highest BCUT2D eigenvalue weighted by Gasteiger charge is 2.22.